The zero-order valence-electron chi connectivity index (χ0n) is 17.1. The molecule has 2 atom stereocenters. The molecule has 2 amide bonds. The predicted molar refractivity (Wildman–Crippen MR) is 115 cm³/mol. The number of methoxy groups -OCH3 is 1. The van der Waals surface area contributed by atoms with Crippen molar-refractivity contribution < 1.29 is 14.3 Å². The summed E-state index contributed by atoms with van der Waals surface area (Å²) in [5.41, 5.74) is 3.78. The first-order valence-corrected chi connectivity index (χ1v) is 10.2. The van der Waals surface area contributed by atoms with E-state index in [0.29, 0.717) is 18.7 Å². The molecule has 0 spiro atoms. The van der Waals surface area contributed by atoms with Gasteiger partial charge in [-0.3, -0.25) is 9.59 Å². The number of hydrogen-bond donors (Lipinski definition) is 1. The largest absolute Gasteiger partial charge is 0.494 e. The highest BCUT2D eigenvalue weighted by atomic mass is 16.5. The third kappa shape index (κ3) is 3.55. The van der Waals surface area contributed by atoms with Gasteiger partial charge in [0.05, 0.1) is 12.8 Å². The summed E-state index contributed by atoms with van der Waals surface area (Å²) in [7, 11) is 1.60. The Balaban J connectivity index is 1.52. The molecule has 6 heteroatoms. The van der Waals surface area contributed by atoms with Crippen LogP contribution in [-0.4, -0.2) is 37.6 Å². The number of nitrogens with zero attached hydrogens (tertiary/aromatic N) is 2. The van der Waals surface area contributed by atoms with Gasteiger partial charge in [0.15, 0.2) is 0 Å². The third-order valence-electron chi connectivity index (χ3n) is 5.74. The van der Waals surface area contributed by atoms with E-state index < -0.39 is 6.04 Å². The average molecular weight is 393 g/mol. The minimum absolute atomic E-state index is 0.0419. The number of benzene rings is 2. The predicted octanol–water partition coefficient (Wildman–Crippen LogP) is 3.60. The van der Waals surface area contributed by atoms with Crippen LogP contribution in [0, 0.1) is 0 Å². The van der Waals surface area contributed by atoms with Gasteiger partial charge in [-0.2, -0.15) is 0 Å². The summed E-state index contributed by atoms with van der Waals surface area (Å²) < 4.78 is 5.52. The molecule has 2 aromatic carbocycles. The second kappa shape index (κ2) is 7.78. The molecule has 0 radical (unpaired) electrons. The Morgan fingerprint density at radius 1 is 1.21 bits per heavy atom. The molecular weight excluding hydrogens is 366 g/mol. The van der Waals surface area contributed by atoms with E-state index >= 15 is 0 Å². The van der Waals surface area contributed by atoms with Gasteiger partial charge in [-0.05, 0) is 50.5 Å². The van der Waals surface area contributed by atoms with Crippen molar-refractivity contribution in [3.63, 3.8) is 0 Å². The van der Waals surface area contributed by atoms with Crippen molar-refractivity contribution in [2.45, 2.75) is 45.2 Å². The molecule has 2 aliphatic rings. The number of amides is 2. The quantitative estimate of drug-likeness (QED) is 0.843. The molecule has 1 N–H and O–H groups in total. The maximum absolute atomic E-state index is 13.2. The fraction of sp³-hybridized carbons (Fsp3) is 0.391. The topological polar surface area (TPSA) is 61.9 Å². The fourth-order valence-corrected chi connectivity index (χ4v) is 4.31. The number of para-hydroxylation sites is 1. The van der Waals surface area contributed by atoms with Crippen LogP contribution in [-0.2, 0) is 16.0 Å². The molecule has 1 fully saturated rings. The van der Waals surface area contributed by atoms with E-state index in [4.69, 9.17) is 4.74 Å². The van der Waals surface area contributed by atoms with Crippen LogP contribution < -0.4 is 19.9 Å². The number of anilines is 3. The second-order valence-electron chi connectivity index (χ2n) is 7.79. The number of carbonyl (C=O) groups excluding carboxylic acids is 2. The van der Waals surface area contributed by atoms with Crippen LogP contribution in [0.15, 0.2) is 42.5 Å². The molecule has 0 saturated carbocycles. The summed E-state index contributed by atoms with van der Waals surface area (Å²) in [6.45, 7) is 4.67. The van der Waals surface area contributed by atoms with E-state index in [1.807, 2.05) is 48.2 Å². The minimum atomic E-state index is -0.396. The first-order chi connectivity index (χ1) is 14.0. The van der Waals surface area contributed by atoms with E-state index in [0.717, 1.165) is 29.9 Å². The lowest BCUT2D eigenvalue weighted by Gasteiger charge is -2.27. The fourth-order valence-electron chi connectivity index (χ4n) is 4.31. The molecule has 29 heavy (non-hydrogen) atoms. The number of hydrogen-bond acceptors (Lipinski definition) is 4. The van der Waals surface area contributed by atoms with E-state index in [9.17, 15) is 9.59 Å². The Hall–Kier alpha value is -3.02. The Morgan fingerprint density at radius 3 is 2.72 bits per heavy atom. The van der Waals surface area contributed by atoms with Gasteiger partial charge in [0.1, 0.15) is 11.8 Å². The van der Waals surface area contributed by atoms with Crippen molar-refractivity contribution in [2.75, 3.05) is 28.8 Å². The zero-order valence-corrected chi connectivity index (χ0v) is 17.1. The van der Waals surface area contributed by atoms with Gasteiger partial charge in [0, 0.05) is 36.4 Å². The van der Waals surface area contributed by atoms with Crippen molar-refractivity contribution in [1.82, 2.24) is 0 Å². The van der Waals surface area contributed by atoms with E-state index in [1.54, 1.807) is 12.0 Å². The Kier molecular flexibility index (Phi) is 5.18. The summed E-state index contributed by atoms with van der Waals surface area (Å²) in [5, 5.41) is 3.30. The number of fused-ring (bicyclic) bond motifs is 1. The van der Waals surface area contributed by atoms with Crippen molar-refractivity contribution in [1.29, 1.82) is 0 Å². The molecule has 0 aromatic heterocycles. The van der Waals surface area contributed by atoms with Gasteiger partial charge in [0.2, 0.25) is 11.8 Å². The highest BCUT2D eigenvalue weighted by Gasteiger charge is 2.33. The molecule has 0 aliphatic carbocycles. The molecule has 0 bridgehead atoms. The van der Waals surface area contributed by atoms with Gasteiger partial charge < -0.3 is 19.9 Å². The molecule has 4 rings (SSSR count). The highest BCUT2D eigenvalue weighted by molar-refractivity contribution is 6.01. The Bertz CT molecular complexity index is 943. The lowest BCUT2D eigenvalue weighted by Crippen LogP contribution is -2.44. The molecule has 6 nitrogen and oxygen atoms in total. The second-order valence-corrected chi connectivity index (χ2v) is 7.79. The summed E-state index contributed by atoms with van der Waals surface area (Å²) in [6.07, 6.45) is 2.31. The van der Waals surface area contributed by atoms with Crippen LogP contribution in [0.4, 0.5) is 17.1 Å². The standard InChI is InChI=1S/C23H27N3O3/c1-15-13-17-7-4-5-8-19(17)26(15)23(28)16(2)24-18-10-11-20(21(14-18)29-3)25-12-6-9-22(25)27/h4-5,7-8,10-11,14-16,24H,6,9,12-13H2,1-3H3/t15-,16+/m0/s1. The van der Waals surface area contributed by atoms with Gasteiger partial charge in [-0.1, -0.05) is 18.2 Å². The SMILES string of the molecule is COc1cc(N[C@H](C)C(=O)N2c3ccccc3C[C@@H]2C)ccc1N1CCCC1=O. The Morgan fingerprint density at radius 2 is 2.00 bits per heavy atom. The summed E-state index contributed by atoms with van der Waals surface area (Å²) >= 11 is 0. The molecular formula is C23H27N3O3. The van der Waals surface area contributed by atoms with Gasteiger partial charge >= 0.3 is 0 Å². The molecule has 2 aliphatic heterocycles. The van der Waals surface area contributed by atoms with Crippen LogP contribution in [0.2, 0.25) is 0 Å². The summed E-state index contributed by atoms with van der Waals surface area (Å²) in [6, 6.07) is 13.5. The van der Waals surface area contributed by atoms with Crippen molar-refractivity contribution >= 4 is 28.9 Å². The number of carbonyl (C=O) groups is 2. The maximum Gasteiger partial charge on any atom is 0.249 e. The number of ether oxygens (including phenoxy) is 1. The number of nitrogens with one attached hydrogen (secondary N) is 1. The smallest absolute Gasteiger partial charge is 0.249 e. The van der Waals surface area contributed by atoms with E-state index in [1.165, 1.54) is 5.56 Å². The third-order valence-corrected chi connectivity index (χ3v) is 5.74. The molecule has 0 unspecified atom stereocenters. The summed E-state index contributed by atoms with van der Waals surface area (Å²) in [5.74, 6) is 0.791. The average Bonchev–Trinajstić information content (AvgIpc) is 3.29. The van der Waals surface area contributed by atoms with Crippen molar-refractivity contribution in [3.8, 4) is 5.75 Å². The highest BCUT2D eigenvalue weighted by Crippen LogP contribution is 2.35. The molecule has 152 valence electrons. The summed E-state index contributed by atoms with van der Waals surface area (Å²) in [4.78, 5) is 28.9. The monoisotopic (exact) mass is 393 g/mol. The molecule has 2 aromatic rings. The van der Waals surface area contributed by atoms with E-state index in [-0.39, 0.29) is 17.9 Å². The van der Waals surface area contributed by atoms with Crippen LogP contribution in [0.25, 0.3) is 0 Å². The van der Waals surface area contributed by atoms with E-state index in [2.05, 4.69) is 18.3 Å². The first kappa shape index (κ1) is 19.3. The minimum Gasteiger partial charge on any atom is -0.494 e. The van der Waals surface area contributed by atoms with Gasteiger partial charge in [-0.25, -0.2) is 0 Å². The van der Waals surface area contributed by atoms with Crippen molar-refractivity contribution in [2.24, 2.45) is 0 Å². The van der Waals surface area contributed by atoms with Crippen molar-refractivity contribution in [3.05, 3.63) is 48.0 Å². The number of rotatable bonds is 5. The van der Waals surface area contributed by atoms with Gasteiger partial charge in [-0.15, -0.1) is 0 Å². The van der Waals surface area contributed by atoms with Crippen LogP contribution in [0.3, 0.4) is 0 Å². The van der Waals surface area contributed by atoms with Crippen LogP contribution in [0.1, 0.15) is 32.3 Å². The first-order valence-electron chi connectivity index (χ1n) is 10.2. The Labute approximate surface area is 171 Å². The lowest BCUT2D eigenvalue weighted by atomic mass is 10.1. The lowest BCUT2D eigenvalue weighted by molar-refractivity contribution is -0.119. The maximum atomic E-state index is 13.2. The normalized spacial score (nSPS) is 19.3. The van der Waals surface area contributed by atoms with Crippen LogP contribution in [0.5, 0.6) is 5.75 Å². The van der Waals surface area contributed by atoms with Crippen LogP contribution >= 0.6 is 0 Å². The molecule has 1 saturated heterocycles. The van der Waals surface area contributed by atoms with Gasteiger partial charge in [0.25, 0.3) is 0 Å². The molecule has 2 heterocycles. The zero-order chi connectivity index (χ0) is 20.5.